The Kier molecular flexibility index (Phi) is 4.63. The summed E-state index contributed by atoms with van der Waals surface area (Å²) in [6, 6.07) is 2.50. The largest absolute Gasteiger partial charge is 0.504 e. The molecule has 0 saturated carbocycles. The van der Waals surface area contributed by atoms with Gasteiger partial charge in [0.25, 0.3) is 0 Å². The zero-order valence-electron chi connectivity index (χ0n) is 15.0. The van der Waals surface area contributed by atoms with Crippen LogP contribution < -0.4 is 10.4 Å². The third kappa shape index (κ3) is 2.99. The molecule has 11 nitrogen and oxygen atoms in total. The molecule has 3 aromatic rings. The molecule has 1 saturated heterocycles. The van der Waals surface area contributed by atoms with Gasteiger partial charge in [0.2, 0.25) is 12.0 Å². The number of hydrogen-bond acceptors (Lipinski definition) is 11. The van der Waals surface area contributed by atoms with Crippen molar-refractivity contribution in [3.05, 3.63) is 28.3 Å². The summed E-state index contributed by atoms with van der Waals surface area (Å²) in [5, 5.41) is 59.5. The van der Waals surface area contributed by atoms with Crippen molar-refractivity contribution in [3.63, 3.8) is 0 Å². The number of phenolic OH excluding ortho intramolecular Hbond substituents is 2. The van der Waals surface area contributed by atoms with Crippen molar-refractivity contribution in [1.29, 1.82) is 0 Å². The summed E-state index contributed by atoms with van der Waals surface area (Å²) in [6.07, 6.45) is -8.04. The molecule has 0 spiro atoms. The minimum Gasteiger partial charge on any atom is -0.504 e. The molecule has 5 atom stereocenters. The number of aromatic hydroxyl groups is 2. The smallest absolute Gasteiger partial charge is 0.347 e. The predicted octanol–water partition coefficient (Wildman–Crippen LogP) is -0.562. The zero-order chi connectivity index (χ0) is 21.0. The second-order valence-electron chi connectivity index (χ2n) is 6.75. The average Bonchev–Trinajstić information content (AvgIpc) is 3.03. The Morgan fingerprint density at radius 3 is 2.38 bits per heavy atom. The first-order valence-corrected chi connectivity index (χ1v) is 8.62. The van der Waals surface area contributed by atoms with Gasteiger partial charge in [0, 0.05) is 12.1 Å². The first-order valence-electron chi connectivity index (χ1n) is 8.62. The summed E-state index contributed by atoms with van der Waals surface area (Å²) < 4.78 is 21.3. The van der Waals surface area contributed by atoms with Crippen LogP contribution in [0.3, 0.4) is 0 Å². The second kappa shape index (κ2) is 6.90. The van der Waals surface area contributed by atoms with E-state index < -0.39 is 60.2 Å². The lowest BCUT2D eigenvalue weighted by Crippen LogP contribution is -2.60. The minimum atomic E-state index is -1.78. The molecule has 156 valence electrons. The van der Waals surface area contributed by atoms with Crippen LogP contribution in [0.5, 0.6) is 17.2 Å². The van der Waals surface area contributed by atoms with Gasteiger partial charge in [0.15, 0.2) is 11.5 Å². The average molecular weight is 410 g/mol. The summed E-state index contributed by atoms with van der Waals surface area (Å²) in [5.74, 6) is -1.62. The highest BCUT2D eigenvalue weighted by atomic mass is 16.7. The highest BCUT2D eigenvalue weighted by molar-refractivity contribution is 6.09. The van der Waals surface area contributed by atoms with Crippen LogP contribution in [0.2, 0.25) is 0 Å². The molecule has 4 rings (SSSR count). The van der Waals surface area contributed by atoms with Gasteiger partial charge < -0.3 is 48.9 Å². The van der Waals surface area contributed by atoms with E-state index in [4.69, 9.17) is 18.3 Å². The van der Waals surface area contributed by atoms with Crippen molar-refractivity contribution in [2.24, 2.45) is 0 Å². The molecule has 1 aliphatic heterocycles. The molecule has 1 fully saturated rings. The van der Waals surface area contributed by atoms with E-state index >= 15 is 0 Å². The minimum absolute atomic E-state index is 0.0206. The van der Waals surface area contributed by atoms with Gasteiger partial charge >= 0.3 is 5.63 Å². The molecular formula is C18H18O11. The summed E-state index contributed by atoms with van der Waals surface area (Å²) >= 11 is 0. The second-order valence-corrected chi connectivity index (χ2v) is 6.75. The number of rotatable bonds is 3. The molecular weight excluding hydrogens is 392 g/mol. The van der Waals surface area contributed by atoms with Crippen molar-refractivity contribution in [3.8, 4) is 17.2 Å². The van der Waals surface area contributed by atoms with Gasteiger partial charge in [-0.1, -0.05) is 0 Å². The van der Waals surface area contributed by atoms with E-state index in [-0.39, 0.29) is 27.7 Å². The molecule has 0 radical (unpaired) electrons. The van der Waals surface area contributed by atoms with Gasteiger partial charge in [-0.3, -0.25) is 0 Å². The maximum atomic E-state index is 12.4. The maximum Gasteiger partial charge on any atom is 0.347 e. The van der Waals surface area contributed by atoms with Crippen LogP contribution in [0.1, 0.15) is 5.76 Å². The fourth-order valence-electron chi connectivity index (χ4n) is 3.33. The third-order valence-electron chi connectivity index (χ3n) is 4.79. The van der Waals surface area contributed by atoms with Crippen molar-refractivity contribution in [2.45, 2.75) is 37.6 Å². The molecule has 3 heterocycles. The van der Waals surface area contributed by atoms with Crippen LogP contribution in [-0.2, 0) is 4.74 Å². The highest BCUT2D eigenvalue weighted by Crippen LogP contribution is 2.46. The van der Waals surface area contributed by atoms with Crippen molar-refractivity contribution in [2.75, 3.05) is 6.61 Å². The normalized spacial score (nSPS) is 27.6. The summed E-state index contributed by atoms with van der Waals surface area (Å²) in [7, 11) is 0. The van der Waals surface area contributed by atoms with Crippen LogP contribution in [-0.4, -0.2) is 68.0 Å². The SMILES string of the molecule is Cc1cc2oc3cc(O)c(O)c(OC4O[C@H](CO)[C@@H](O)[C@H](O)[C@H]4O)c3c2c(=O)o1. The van der Waals surface area contributed by atoms with Crippen molar-refractivity contribution >= 4 is 21.9 Å². The molecule has 11 heteroatoms. The van der Waals surface area contributed by atoms with Crippen molar-refractivity contribution < 1.29 is 48.9 Å². The van der Waals surface area contributed by atoms with Crippen LogP contribution in [0.25, 0.3) is 21.9 Å². The van der Waals surface area contributed by atoms with E-state index in [0.717, 1.165) is 6.07 Å². The lowest BCUT2D eigenvalue weighted by atomic mass is 9.99. The van der Waals surface area contributed by atoms with Gasteiger partial charge in [0.05, 0.1) is 12.0 Å². The summed E-state index contributed by atoms with van der Waals surface area (Å²) in [4.78, 5) is 12.4. The molecule has 1 aliphatic rings. The maximum absolute atomic E-state index is 12.4. The van der Waals surface area contributed by atoms with Crippen molar-refractivity contribution in [1.82, 2.24) is 0 Å². The summed E-state index contributed by atoms with van der Waals surface area (Å²) in [5.41, 5.74) is -0.701. The number of aliphatic hydroxyl groups is 4. The monoisotopic (exact) mass is 410 g/mol. The standard InChI is InChI=1S/C18H18O11/c1-5-2-7-11(17(25)26-5)10-8(27-7)3-6(20)12(21)16(10)29-18-15(24)14(23)13(22)9(4-19)28-18/h2-3,9,13-15,18-24H,4H2,1H3/t9-,13-,14+,15-,18?/m1/s1. The Morgan fingerprint density at radius 1 is 1.00 bits per heavy atom. The van der Waals surface area contributed by atoms with Gasteiger partial charge in [0.1, 0.15) is 46.7 Å². The fraction of sp³-hybridized carbons (Fsp3) is 0.389. The number of ether oxygens (including phenoxy) is 2. The van der Waals surface area contributed by atoms with E-state index in [9.17, 15) is 35.4 Å². The lowest BCUT2D eigenvalue weighted by molar-refractivity contribution is -0.277. The summed E-state index contributed by atoms with van der Waals surface area (Å²) in [6.45, 7) is 0.845. The third-order valence-corrected chi connectivity index (χ3v) is 4.79. The van der Waals surface area contributed by atoms with Crippen LogP contribution in [0.15, 0.2) is 25.8 Å². The molecule has 0 aliphatic carbocycles. The van der Waals surface area contributed by atoms with Gasteiger partial charge in [-0.2, -0.15) is 0 Å². The molecule has 2 aromatic heterocycles. The fourth-order valence-corrected chi connectivity index (χ4v) is 3.33. The van der Waals surface area contributed by atoms with E-state index in [1.165, 1.54) is 13.0 Å². The molecule has 0 amide bonds. The van der Waals surface area contributed by atoms with Gasteiger partial charge in [-0.05, 0) is 6.92 Å². The van der Waals surface area contributed by atoms with E-state index in [1.807, 2.05) is 0 Å². The molecule has 29 heavy (non-hydrogen) atoms. The van der Waals surface area contributed by atoms with E-state index in [0.29, 0.717) is 0 Å². The number of phenols is 2. The number of aliphatic hydroxyl groups excluding tert-OH is 4. The Bertz CT molecular complexity index is 1130. The highest BCUT2D eigenvalue weighted by Gasteiger charge is 2.45. The predicted molar refractivity (Wildman–Crippen MR) is 94.7 cm³/mol. The molecule has 1 unspecified atom stereocenters. The topological polar surface area (TPSA) is 183 Å². The lowest BCUT2D eigenvalue weighted by Gasteiger charge is -2.39. The number of furan rings is 1. The first-order chi connectivity index (χ1) is 13.7. The Hall–Kier alpha value is -2.83. The number of benzene rings is 1. The van der Waals surface area contributed by atoms with Crippen LogP contribution in [0, 0.1) is 6.92 Å². The van der Waals surface area contributed by atoms with E-state index in [1.54, 1.807) is 0 Å². The molecule has 1 aromatic carbocycles. The number of hydrogen-bond donors (Lipinski definition) is 6. The quantitative estimate of drug-likeness (QED) is 0.304. The first kappa shape index (κ1) is 19.5. The Morgan fingerprint density at radius 2 is 1.69 bits per heavy atom. The van der Waals surface area contributed by atoms with E-state index in [2.05, 4.69) is 0 Å². The number of fused-ring (bicyclic) bond motifs is 3. The Balaban J connectivity index is 1.89. The molecule has 0 bridgehead atoms. The van der Waals surface area contributed by atoms with Crippen LogP contribution >= 0.6 is 0 Å². The van der Waals surface area contributed by atoms with Crippen LogP contribution in [0.4, 0.5) is 0 Å². The Labute approximate surface area is 161 Å². The molecule has 6 N–H and O–H groups in total. The van der Waals surface area contributed by atoms with Gasteiger partial charge in [-0.25, -0.2) is 4.79 Å². The van der Waals surface area contributed by atoms with Gasteiger partial charge in [-0.15, -0.1) is 0 Å². The number of aryl methyl sites for hydroxylation is 1. The zero-order valence-corrected chi connectivity index (χ0v) is 15.0.